The molecule has 1 fully saturated rings. The van der Waals surface area contributed by atoms with Crippen LogP contribution in [0.1, 0.15) is 23.6 Å². The van der Waals surface area contributed by atoms with Crippen molar-refractivity contribution in [1.82, 2.24) is 4.90 Å². The lowest BCUT2D eigenvalue weighted by Gasteiger charge is -2.21. The molecule has 17 heavy (non-hydrogen) atoms. The molecule has 1 aliphatic rings. The molecule has 0 saturated carbocycles. The van der Waals surface area contributed by atoms with Gasteiger partial charge in [0.25, 0.3) is 0 Å². The number of hydrogen-bond acceptors (Lipinski definition) is 3. The number of likely N-dealkylation sites (tertiary alicyclic amines) is 1. The van der Waals surface area contributed by atoms with Crippen LogP contribution in [-0.4, -0.2) is 30.1 Å². The van der Waals surface area contributed by atoms with Crippen LogP contribution in [0.15, 0.2) is 12.1 Å². The molecule has 1 aliphatic heterocycles. The van der Waals surface area contributed by atoms with Gasteiger partial charge >= 0.3 is 0 Å². The summed E-state index contributed by atoms with van der Waals surface area (Å²) in [5.74, 6) is 0.342. The zero-order valence-corrected chi connectivity index (χ0v) is 10.3. The monoisotopic (exact) mass is 238 g/mol. The number of phenolic OH excluding ortho intramolecular Hbond substituents is 1. The maximum absolute atomic E-state index is 13.6. The van der Waals surface area contributed by atoms with Crippen molar-refractivity contribution in [2.45, 2.75) is 19.4 Å². The summed E-state index contributed by atoms with van der Waals surface area (Å²) >= 11 is 0. The molecule has 2 unspecified atom stereocenters. The van der Waals surface area contributed by atoms with Gasteiger partial charge in [-0.2, -0.15) is 0 Å². The van der Waals surface area contributed by atoms with Gasteiger partial charge in [-0.15, -0.1) is 0 Å². The van der Waals surface area contributed by atoms with Crippen LogP contribution in [0.4, 0.5) is 4.39 Å². The molecule has 1 aromatic carbocycles. The number of nitrogens with two attached hydrogens (primary N) is 1. The third kappa shape index (κ3) is 2.28. The summed E-state index contributed by atoms with van der Waals surface area (Å²) in [6.07, 6.45) is 0.878. The fourth-order valence-electron chi connectivity index (χ4n) is 2.59. The maximum atomic E-state index is 13.6. The Balaban J connectivity index is 2.31. The van der Waals surface area contributed by atoms with E-state index < -0.39 is 0 Å². The van der Waals surface area contributed by atoms with Crippen LogP contribution in [0.5, 0.6) is 5.75 Å². The first kappa shape index (κ1) is 12.3. The van der Waals surface area contributed by atoms with Crippen LogP contribution in [0.3, 0.4) is 0 Å². The number of aryl methyl sites for hydroxylation is 1. The summed E-state index contributed by atoms with van der Waals surface area (Å²) in [6, 6.07) is 3.01. The second kappa shape index (κ2) is 4.63. The standard InChI is InChI=1S/C13H19FN2O/c1-8-3-13(17)10(5-11(8)14)12-4-9(6-15)7-16(12)2/h3,5,9,12,17H,4,6-7,15H2,1-2H3. The van der Waals surface area contributed by atoms with Gasteiger partial charge < -0.3 is 10.8 Å². The van der Waals surface area contributed by atoms with Crippen molar-refractivity contribution in [1.29, 1.82) is 0 Å². The van der Waals surface area contributed by atoms with E-state index in [4.69, 9.17) is 5.73 Å². The van der Waals surface area contributed by atoms with Gasteiger partial charge in [0, 0.05) is 18.2 Å². The van der Waals surface area contributed by atoms with E-state index in [1.165, 1.54) is 12.1 Å². The number of benzene rings is 1. The number of rotatable bonds is 2. The molecule has 0 radical (unpaired) electrons. The second-order valence-electron chi connectivity index (χ2n) is 4.95. The van der Waals surface area contributed by atoms with E-state index in [2.05, 4.69) is 4.90 Å². The third-order valence-corrected chi connectivity index (χ3v) is 3.64. The average Bonchev–Trinajstić information content (AvgIpc) is 2.65. The maximum Gasteiger partial charge on any atom is 0.126 e. The number of halogens is 1. The molecule has 1 heterocycles. The lowest BCUT2D eigenvalue weighted by Crippen LogP contribution is -2.20. The van der Waals surface area contributed by atoms with Gasteiger partial charge in [0.05, 0.1) is 0 Å². The van der Waals surface area contributed by atoms with Crippen LogP contribution in [0, 0.1) is 18.7 Å². The molecule has 2 atom stereocenters. The highest BCUT2D eigenvalue weighted by atomic mass is 19.1. The first-order valence-corrected chi connectivity index (χ1v) is 5.92. The van der Waals surface area contributed by atoms with E-state index >= 15 is 0 Å². The molecule has 0 aromatic heterocycles. The molecule has 94 valence electrons. The fourth-order valence-corrected chi connectivity index (χ4v) is 2.59. The Morgan fingerprint density at radius 3 is 2.82 bits per heavy atom. The summed E-state index contributed by atoms with van der Waals surface area (Å²) in [5, 5.41) is 9.93. The van der Waals surface area contributed by atoms with Gasteiger partial charge in [-0.25, -0.2) is 4.39 Å². The Labute approximate surface area is 101 Å². The summed E-state index contributed by atoms with van der Waals surface area (Å²) in [6.45, 7) is 3.19. The van der Waals surface area contributed by atoms with Crippen LogP contribution < -0.4 is 5.73 Å². The topological polar surface area (TPSA) is 49.5 Å². The smallest absolute Gasteiger partial charge is 0.126 e. The summed E-state index contributed by atoms with van der Waals surface area (Å²) < 4.78 is 13.6. The molecule has 0 aliphatic carbocycles. The number of phenols is 1. The van der Waals surface area contributed by atoms with Crippen LogP contribution in [0.25, 0.3) is 0 Å². The lowest BCUT2D eigenvalue weighted by atomic mass is 9.98. The summed E-state index contributed by atoms with van der Waals surface area (Å²) in [4.78, 5) is 2.13. The first-order valence-electron chi connectivity index (χ1n) is 5.92. The zero-order valence-electron chi connectivity index (χ0n) is 10.3. The predicted molar refractivity (Wildman–Crippen MR) is 65.3 cm³/mol. The molecule has 1 aromatic rings. The zero-order chi connectivity index (χ0) is 12.6. The van der Waals surface area contributed by atoms with E-state index in [0.29, 0.717) is 23.6 Å². The molecule has 0 amide bonds. The van der Waals surface area contributed by atoms with Crippen LogP contribution >= 0.6 is 0 Å². The van der Waals surface area contributed by atoms with Crippen molar-refractivity contribution in [3.05, 3.63) is 29.1 Å². The highest BCUT2D eigenvalue weighted by Crippen LogP contribution is 2.38. The molecular formula is C13H19FN2O. The quantitative estimate of drug-likeness (QED) is 0.826. The van der Waals surface area contributed by atoms with Crippen molar-refractivity contribution >= 4 is 0 Å². The minimum atomic E-state index is -0.262. The number of hydrogen-bond donors (Lipinski definition) is 2. The van der Waals surface area contributed by atoms with E-state index in [1.807, 2.05) is 7.05 Å². The number of nitrogens with zero attached hydrogens (tertiary/aromatic N) is 1. The highest BCUT2D eigenvalue weighted by molar-refractivity contribution is 5.39. The lowest BCUT2D eigenvalue weighted by molar-refractivity contribution is 0.305. The van der Waals surface area contributed by atoms with Gasteiger partial charge in [0.2, 0.25) is 0 Å². The highest BCUT2D eigenvalue weighted by Gasteiger charge is 2.31. The van der Waals surface area contributed by atoms with Gasteiger partial charge in [-0.3, -0.25) is 4.90 Å². The van der Waals surface area contributed by atoms with E-state index in [-0.39, 0.29) is 17.6 Å². The Kier molecular flexibility index (Phi) is 3.35. The van der Waals surface area contributed by atoms with E-state index in [0.717, 1.165) is 13.0 Å². The normalized spacial score (nSPS) is 25.4. The Morgan fingerprint density at radius 2 is 2.24 bits per heavy atom. The SMILES string of the molecule is Cc1cc(O)c(C2CC(CN)CN2C)cc1F. The Bertz CT molecular complexity index is 422. The molecule has 1 saturated heterocycles. The molecule has 0 spiro atoms. The molecule has 0 bridgehead atoms. The van der Waals surface area contributed by atoms with E-state index in [1.54, 1.807) is 6.92 Å². The molecule has 2 rings (SSSR count). The Hall–Kier alpha value is -1.13. The fraction of sp³-hybridized carbons (Fsp3) is 0.538. The Morgan fingerprint density at radius 1 is 1.53 bits per heavy atom. The molecule has 3 N–H and O–H groups in total. The van der Waals surface area contributed by atoms with Crippen LogP contribution in [0.2, 0.25) is 0 Å². The van der Waals surface area contributed by atoms with Gasteiger partial charge in [-0.05, 0) is 50.6 Å². The molecule has 4 heteroatoms. The average molecular weight is 238 g/mol. The largest absolute Gasteiger partial charge is 0.508 e. The summed E-state index contributed by atoms with van der Waals surface area (Å²) in [5.41, 5.74) is 6.81. The van der Waals surface area contributed by atoms with E-state index in [9.17, 15) is 9.50 Å². The molecule has 3 nitrogen and oxygen atoms in total. The second-order valence-corrected chi connectivity index (χ2v) is 4.95. The van der Waals surface area contributed by atoms with Crippen molar-refractivity contribution in [3.63, 3.8) is 0 Å². The summed E-state index contributed by atoms with van der Waals surface area (Å²) in [7, 11) is 1.98. The van der Waals surface area contributed by atoms with Gasteiger partial charge in [0.1, 0.15) is 11.6 Å². The van der Waals surface area contributed by atoms with Crippen molar-refractivity contribution in [2.24, 2.45) is 11.7 Å². The number of aromatic hydroxyl groups is 1. The van der Waals surface area contributed by atoms with Gasteiger partial charge in [-0.1, -0.05) is 0 Å². The molecular weight excluding hydrogens is 219 g/mol. The van der Waals surface area contributed by atoms with Crippen LogP contribution in [-0.2, 0) is 0 Å². The van der Waals surface area contributed by atoms with Crippen molar-refractivity contribution in [2.75, 3.05) is 20.1 Å². The van der Waals surface area contributed by atoms with Crippen molar-refractivity contribution < 1.29 is 9.50 Å². The third-order valence-electron chi connectivity index (χ3n) is 3.64. The predicted octanol–water partition coefficient (Wildman–Crippen LogP) is 1.79. The minimum Gasteiger partial charge on any atom is -0.508 e. The first-order chi connectivity index (χ1) is 8.02. The van der Waals surface area contributed by atoms with Gasteiger partial charge in [0.15, 0.2) is 0 Å². The van der Waals surface area contributed by atoms with Crippen molar-refractivity contribution in [3.8, 4) is 5.75 Å². The minimum absolute atomic E-state index is 0.0682.